The number of hydrogen-bond acceptors (Lipinski definition) is 5. The van der Waals surface area contributed by atoms with E-state index < -0.39 is 18.0 Å². The first-order valence-electron chi connectivity index (χ1n) is 9.03. The molecule has 0 aromatic rings. The summed E-state index contributed by atoms with van der Waals surface area (Å²) in [5, 5.41) is 0. The molecule has 138 valence electrons. The van der Waals surface area contributed by atoms with Crippen LogP contribution in [0.1, 0.15) is 78.6 Å². The summed E-state index contributed by atoms with van der Waals surface area (Å²) in [5.41, 5.74) is 0. The number of carbonyl (C=O) groups is 3. The summed E-state index contributed by atoms with van der Waals surface area (Å²) < 4.78 is 9.79. The van der Waals surface area contributed by atoms with Crippen LogP contribution < -0.4 is 0 Å². The van der Waals surface area contributed by atoms with Crippen molar-refractivity contribution in [3.05, 3.63) is 12.2 Å². The maximum Gasteiger partial charge on any atom is 0.331 e. The van der Waals surface area contributed by atoms with E-state index in [9.17, 15) is 14.4 Å². The minimum absolute atomic E-state index is 0.246. The predicted molar refractivity (Wildman–Crippen MR) is 93.6 cm³/mol. The molecule has 0 aliphatic carbocycles. The van der Waals surface area contributed by atoms with Crippen molar-refractivity contribution in [2.24, 2.45) is 0 Å². The van der Waals surface area contributed by atoms with Crippen molar-refractivity contribution in [3.63, 3.8) is 0 Å². The van der Waals surface area contributed by atoms with Gasteiger partial charge in [0.15, 0.2) is 11.9 Å². The smallest absolute Gasteiger partial charge is 0.331 e. The molecular formula is C19H32O5. The number of unbranched alkanes of at least 4 members (excludes halogenated alkanes) is 8. The third kappa shape index (κ3) is 14.0. The molecule has 0 aromatic carbocycles. The summed E-state index contributed by atoms with van der Waals surface area (Å²) in [5.74, 6) is -1.54. The van der Waals surface area contributed by atoms with Gasteiger partial charge < -0.3 is 9.47 Å². The fraction of sp³-hybridized carbons (Fsp3) is 0.737. The standard InChI is InChI=1S/C19H32O5/c1-4-5-6-7-8-9-10-11-12-15-23-18(21)13-14-19(22)24-17(3)16(2)20/h13-14,17H,4-12,15H2,1-3H3/b14-13+. The fourth-order valence-electron chi connectivity index (χ4n) is 2.07. The van der Waals surface area contributed by atoms with Gasteiger partial charge in [0.05, 0.1) is 6.61 Å². The number of rotatable bonds is 14. The molecule has 0 amide bonds. The second kappa shape index (κ2) is 14.9. The maximum absolute atomic E-state index is 11.4. The van der Waals surface area contributed by atoms with E-state index in [1.807, 2.05) is 0 Å². The van der Waals surface area contributed by atoms with Crippen LogP contribution in [0.25, 0.3) is 0 Å². The van der Waals surface area contributed by atoms with Crippen molar-refractivity contribution in [1.82, 2.24) is 0 Å². The molecule has 0 saturated heterocycles. The van der Waals surface area contributed by atoms with E-state index in [1.165, 1.54) is 52.4 Å². The van der Waals surface area contributed by atoms with E-state index in [1.54, 1.807) is 0 Å². The molecule has 1 atom stereocenters. The Labute approximate surface area is 145 Å². The Hall–Kier alpha value is -1.65. The molecule has 0 heterocycles. The van der Waals surface area contributed by atoms with Gasteiger partial charge in [-0.2, -0.15) is 0 Å². The molecular weight excluding hydrogens is 308 g/mol. The highest BCUT2D eigenvalue weighted by Crippen LogP contribution is 2.09. The second-order valence-corrected chi connectivity index (χ2v) is 6.02. The lowest BCUT2D eigenvalue weighted by Gasteiger charge is -2.07. The van der Waals surface area contributed by atoms with Crippen LogP contribution in [0.5, 0.6) is 0 Å². The monoisotopic (exact) mass is 340 g/mol. The van der Waals surface area contributed by atoms with Crippen molar-refractivity contribution in [1.29, 1.82) is 0 Å². The van der Waals surface area contributed by atoms with Crippen molar-refractivity contribution in [2.75, 3.05) is 6.61 Å². The first-order chi connectivity index (χ1) is 11.5. The molecule has 0 fully saturated rings. The van der Waals surface area contributed by atoms with Crippen LogP contribution in [0.2, 0.25) is 0 Å². The van der Waals surface area contributed by atoms with Crippen LogP contribution in [0.3, 0.4) is 0 Å². The fourth-order valence-corrected chi connectivity index (χ4v) is 2.07. The molecule has 5 nitrogen and oxygen atoms in total. The zero-order valence-electron chi connectivity index (χ0n) is 15.3. The highest BCUT2D eigenvalue weighted by atomic mass is 16.5. The van der Waals surface area contributed by atoms with Gasteiger partial charge in [0, 0.05) is 12.2 Å². The van der Waals surface area contributed by atoms with Crippen molar-refractivity contribution in [3.8, 4) is 0 Å². The molecule has 0 aliphatic rings. The zero-order valence-corrected chi connectivity index (χ0v) is 15.3. The lowest BCUT2D eigenvalue weighted by Crippen LogP contribution is -2.20. The minimum atomic E-state index is -0.805. The molecule has 0 radical (unpaired) electrons. The topological polar surface area (TPSA) is 69.7 Å². The molecule has 24 heavy (non-hydrogen) atoms. The highest BCUT2D eigenvalue weighted by molar-refractivity contribution is 5.93. The van der Waals surface area contributed by atoms with Gasteiger partial charge in [0.2, 0.25) is 0 Å². The van der Waals surface area contributed by atoms with Gasteiger partial charge >= 0.3 is 11.9 Å². The number of esters is 2. The number of hydrogen-bond donors (Lipinski definition) is 0. The average molecular weight is 340 g/mol. The van der Waals surface area contributed by atoms with Gasteiger partial charge in [0.1, 0.15) is 0 Å². The average Bonchev–Trinajstić information content (AvgIpc) is 2.54. The molecule has 0 aromatic heterocycles. The lowest BCUT2D eigenvalue weighted by atomic mass is 10.1. The molecule has 5 heteroatoms. The van der Waals surface area contributed by atoms with E-state index in [0.29, 0.717) is 6.61 Å². The Morgan fingerprint density at radius 1 is 0.833 bits per heavy atom. The van der Waals surface area contributed by atoms with Crippen LogP contribution in [0, 0.1) is 0 Å². The largest absolute Gasteiger partial charge is 0.463 e. The predicted octanol–water partition coefficient (Wildman–Crippen LogP) is 4.14. The van der Waals surface area contributed by atoms with Gasteiger partial charge in [-0.05, 0) is 20.3 Å². The van der Waals surface area contributed by atoms with Gasteiger partial charge in [-0.3, -0.25) is 4.79 Å². The Kier molecular flexibility index (Phi) is 13.9. The van der Waals surface area contributed by atoms with Gasteiger partial charge in [-0.1, -0.05) is 58.3 Å². The Bertz CT molecular complexity index is 401. The lowest BCUT2D eigenvalue weighted by molar-refractivity contribution is -0.148. The minimum Gasteiger partial charge on any atom is -0.463 e. The normalized spacial score (nSPS) is 12.1. The molecule has 0 rings (SSSR count). The molecule has 1 unspecified atom stereocenters. The zero-order chi connectivity index (χ0) is 18.2. The van der Waals surface area contributed by atoms with E-state index in [2.05, 4.69) is 6.92 Å². The van der Waals surface area contributed by atoms with E-state index in [-0.39, 0.29) is 5.78 Å². The molecule has 0 aliphatic heterocycles. The van der Waals surface area contributed by atoms with Crippen LogP contribution in [-0.4, -0.2) is 30.4 Å². The molecule has 0 N–H and O–H groups in total. The van der Waals surface area contributed by atoms with Crippen LogP contribution in [-0.2, 0) is 23.9 Å². The second-order valence-electron chi connectivity index (χ2n) is 6.02. The molecule has 0 spiro atoms. The summed E-state index contributed by atoms with van der Waals surface area (Å²) in [4.78, 5) is 33.7. The quantitative estimate of drug-likeness (QED) is 0.270. The van der Waals surface area contributed by atoms with Crippen LogP contribution in [0.15, 0.2) is 12.2 Å². The van der Waals surface area contributed by atoms with Crippen molar-refractivity contribution in [2.45, 2.75) is 84.7 Å². The summed E-state index contributed by atoms with van der Waals surface area (Å²) in [6.07, 6.45) is 12.0. The van der Waals surface area contributed by atoms with Crippen molar-refractivity contribution < 1.29 is 23.9 Å². The number of carbonyl (C=O) groups excluding carboxylic acids is 3. The van der Waals surface area contributed by atoms with E-state index in [4.69, 9.17) is 9.47 Å². The van der Waals surface area contributed by atoms with Crippen molar-refractivity contribution >= 4 is 17.7 Å². The third-order valence-corrected chi connectivity index (χ3v) is 3.71. The Morgan fingerprint density at radius 2 is 1.33 bits per heavy atom. The first-order valence-corrected chi connectivity index (χ1v) is 9.03. The maximum atomic E-state index is 11.4. The number of ketones is 1. The highest BCUT2D eigenvalue weighted by Gasteiger charge is 2.11. The van der Waals surface area contributed by atoms with Crippen LogP contribution in [0.4, 0.5) is 0 Å². The first kappa shape index (κ1) is 22.4. The Morgan fingerprint density at radius 3 is 1.88 bits per heavy atom. The Balaban J connectivity index is 3.57. The molecule has 0 bridgehead atoms. The van der Waals surface area contributed by atoms with Gasteiger partial charge in [-0.25, -0.2) is 9.59 Å². The summed E-state index contributed by atoms with van der Waals surface area (Å²) in [7, 11) is 0. The van der Waals surface area contributed by atoms with Crippen LogP contribution >= 0.6 is 0 Å². The summed E-state index contributed by atoms with van der Waals surface area (Å²) in [6.45, 7) is 5.39. The summed E-state index contributed by atoms with van der Waals surface area (Å²) in [6, 6.07) is 0. The van der Waals surface area contributed by atoms with E-state index in [0.717, 1.165) is 31.4 Å². The molecule has 0 saturated carbocycles. The number of ether oxygens (including phenoxy) is 2. The third-order valence-electron chi connectivity index (χ3n) is 3.71. The SMILES string of the molecule is CCCCCCCCCCCOC(=O)/C=C/C(=O)OC(C)C(C)=O. The summed E-state index contributed by atoms with van der Waals surface area (Å²) >= 11 is 0. The number of Topliss-reactive ketones (excluding diaryl/α,β-unsaturated/α-hetero) is 1. The van der Waals surface area contributed by atoms with Gasteiger partial charge in [0.25, 0.3) is 0 Å². The van der Waals surface area contributed by atoms with E-state index >= 15 is 0 Å². The van der Waals surface area contributed by atoms with Gasteiger partial charge in [-0.15, -0.1) is 0 Å².